The molecule has 2 nitrogen and oxygen atoms in total. The summed E-state index contributed by atoms with van der Waals surface area (Å²) in [6, 6.07) is 7.01. The molecular formula is C14H10F6O2Si. The lowest BCUT2D eigenvalue weighted by molar-refractivity contribution is -0.137. The van der Waals surface area contributed by atoms with E-state index < -0.39 is 42.4 Å². The molecule has 0 saturated heterocycles. The highest BCUT2D eigenvalue weighted by Gasteiger charge is 2.48. The lowest BCUT2D eigenvalue weighted by Gasteiger charge is -2.25. The molecule has 0 aliphatic heterocycles. The Morgan fingerprint density at radius 2 is 0.913 bits per heavy atom. The Kier molecular flexibility index (Phi) is 4.31. The van der Waals surface area contributed by atoms with E-state index >= 15 is 0 Å². The van der Waals surface area contributed by atoms with E-state index in [4.69, 9.17) is 0 Å². The second-order valence-corrected chi connectivity index (χ2v) is 7.18. The molecule has 9 heteroatoms. The molecule has 2 N–H and O–H groups in total. The van der Waals surface area contributed by atoms with Gasteiger partial charge in [-0.3, -0.25) is 0 Å². The third-order valence-corrected chi connectivity index (χ3v) is 5.59. The Morgan fingerprint density at radius 1 is 0.609 bits per heavy atom. The van der Waals surface area contributed by atoms with Crippen molar-refractivity contribution >= 4 is 18.9 Å². The standard InChI is InChI=1S/C14H10F6O2Si/c15-13(16,17)9-5-1-3-7-11(9)23(21,22)12-8-4-2-6-10(12)14(18,19)20/h1-8,21-22H. The van der Waals surface area contributed by atoms with Crippen LogP contribution in [0.2, 0.25) is 0 Å². The van der Waals surface area contributed by atoms with Crippen LogP contribution in [-0.4, -0.2) is 18.2 Å². The van der Waals surface area contributed by atoms with E-state index in [-0.39, 0.29) is 0 Å². The number of rotatable bonds is 2. The van der Waals surface area contributed by atoms with Crippen molar-refractivity contribution in [1.82, 2.24) is 0 Å². The maximum Gasteiger partial charge on any atom is 0.416 e. The van der Waals surface area contributed by atoms with Crippen molar-refractivity contribution in [2.75, 3.05) is 0 Å². The van der Waals surface area contributed by atoms with E-state index in [1.165, 1.54) is 0 Å². The lowest BCUT2D eigenvalue weighted by Crippen LogP contribution is -2.62. The molecule has 23 heavy (non-hydrogen) atoms. The third-order valence-electron chi connectivity index (χ3n) is 3.22. The first-order valence-electron chi connectivity index (χ1n) is 6.24. The first-order chi connectivity index (χ1) is 10.5. The average molecular weight is 352 g/mol. The normalized spacial score (nSPS) is 13.2. The van der Waals surface area contributed by atoms with E-state index in [0.717, 1.165) is 36.4 Å². The fraction of sp³-hybridized carbons (Fsp3) is 0.143. The van der Waals surface area contributed by atoms with Crippen LogP contribution in [0.4, 0.5) is 26.3 Å². The molecule has 0 aromatic heterocycles. The van der Waals surface area contributed by atoms with Gasteiger partial charge >= 0.3 is 20.9 Å². The molecule has 0 heterocycles. The molecular weight excluding hydrogens is 342 g/mol. The molecule has 0 saturated carbocycles. The zero-order valence-corrected chi connectivity index (χ0v) is 12.3. The van der Waals surface area contributed by atoms with E-state index in [0.29, 0.717) is 12.1 Å². The van der Waals surface area contributed by atoms with Crippen molar-refractivity contribution in [1.29, 1.82) is 0 Å². The van der Waals surface area contributed by atoms with Crippen LogP contribution >= 0.6 is 0 Å². The van der Waals surface area contributed by atoms with Crippen LogP contribution in [0.1, 0.15) is 11.1 Å². The molecule has 0 fully saturated rings. The van der Waals surface area contributed by atoms with Gasteiger partial charge in [0.05, 0.1) is 11.1 Å². The van der Waals surface area contributed by atoms with Crippen LogP contribution in [-0.2, 0) is 12.4 Å². The van der Waals surface area contributed by atoms with Crippen LogP contribution in [0.5, 0.6) is 0 Å². The third kappa shape index (κ3) is 3.41. The summed E-state index contributed by atoms with van der Waals surface area (Å²) in [6.07, 6.45) is -9.85. The minimum atomic E-state index is -5.20. The highest BCUT2D eigenvalue weighted by atomic mass is 28.4. The Hall–Kier alpha value is -1.84. The molecule has 2 rings (SSSR count). The van der Waals surface area contributed by atoms with Crippen LogP contribution < -0.4 is 10.4 Å². The van der Waals surface area contributed by atoms with Crippen molar-refractivity contribution in [3.05, 3.63) is 59.7 Å². The quantitative estimate of drug-likeness (QED) is 0.643. The van der Waals surface area contributed by atoms with Crippen molar-refractivity contribution in [2.45, 2.75) is 12.4 Å². The summed E-state index contributed by atoms with van der Waals surface area (Å²) in [7, 11) is -5.20. The minimum Gasteiger partial charge on any atom is -0.404 e. The first kappa shape index (κ1) is 17.5. The maximum atomic E-state index is 13.0. The molecule has 0 spiro atoms. The molecule has 0 aliphatic rings. The Bertz CT molecular complexity index is 649. The predicted molar refractivity (Wildman–Crippen MR) is 72.3 cm³/mol. The Balaban J connectivity index is 2.71. The number of hydrogen-bond acceptors (Lipinski definition) is 2. The van der Waals surface area contributed by atoms with Gasteiger partial charge in [-0.15, -0.1) is 0 Å². The average Bonchev–Trinajstić information content (AvgIpc) is 2.45. The van der Waals surface area contributed by atoms with Gasteiger partial charge in [0.25, 0.3) is 0 Å². The minimum absolute atomic E-state index is 0.597. The van der Waals surface area contributed by atoms with Crippen molar-refractivity contribution in [3.8, 4) is 0 Å². The van der Waals surface area contributed by atoms with Crippen LogP contribution in [0.15, 0.2) is 48.5 Å². The molecule has 0 aliphatic carbocycles. The Labute approximate surface area is 127 Å². The van der Waals surface area contributed by atoms with E-state index in [9.17, 15) is 35.9 Å². The summed E-state index contributed by atoms with van der Waals surface area (Å²) in [4.78, 5) is 20.5. The SMILES string of the molecule is O[Si](O)(c1ccccc1C(F)(F)F)c1ccccc1C(F)(F)F. The van der Waals surface area contributed by atoms with Gasteiger partial charge in [-0.1, -0.05) is 36.4 Å². The smallest absolute Gasteiger partial charge is 0.404 e. The van der Waals surface area contributed by atoms with Crippen LogP contribution in [0.25, 0.3) is 0 Å². The number of benzene rings is 2. The van der Waals surface area contributed by atoms with Gasteiger partial charge in [0.1, 0.15) is 0 Å². The number of halogens is 6. The Morgan fingerprint density at radius 3 is 1.22 bits per heavy atom. The van der Waals surface area contributed by atoms with Gasteiger partial charge in [-0.05, 0) is 12.1 Å². The monoisotopic (exact) mass is 352 g/mol. The van der Waals surface area contributed by atoms with Crippen molar-refractivity contribution in [2.24, 2.45) is 0 Å². The summed E-state index contributed by atoms with van der Waals surface area (Å²) in [5.41, 5.74) is -2.73. The largest absolute Gasteiger partial charge is 0.416 e. The fourth-order valence-electron chi connectivity index (χ4n) is 2.21. The molecule has 0 bridgehead atoms. The summed E-state index contributed by atoms with van der Waals surface area (Å²) < 4.78 is 78.0. The van der Waals surface area contributed by atoms with Crippen molar-refractivity contribution < 1.29 is 35.9 Å². The van der Waals surface area contributed by atoms with Gasteiger partial charge in [-0.2, -0.15) is 26.3 Å². The molecule has 0 atom stereocenters. The van der Waals surface area contributed by atoms with Gasteiger partial charge < -0.3 is 9.59 Å². The summed E-state index contributed by atoms with van der Waals surface area (Å²) in [5.74, 6) is 0. The van der Waals surface area contributed by atoms with E-state index in [1.54, 1.807) is 0 Å². The van der Waals surface area contributed by atoms with E-state index in [2.05, 4.69) is 0 Å². The summed E-state index contributed by atoms with van der Waals surface area (Å²) in [5, 5.41) is -1.88. The molecule has 0 amide bonds. The fourth-order valence-corrected chi connectivity index (χ4v) is 4.36. The predicted octanol–water partition coefficient (Wildman–Crippen LogP) is 2.27. The lowest BCUT2D eigenvalue weighted by atomic mass is 10.2. The highest BCUT2D eigenvalue weighted by Crippen LogP contribution is 2.31. The second kappa shape index (κ2) is 5.66. The maximum absolute atomic E-state index is 13.0. The second-order valence-electron chi connectivity index (χ2n) is 4.76. The zero-order valence-electron chi connectivity index (χ0n) is 11.3. The van der Waals surface area contributed by atoms with Gasteiger partial charge in [0, 0.05) is 10.4 Å². The first-order valence-corrected chi connectivity index (χ1v) is 8.13. The van der Waals surface area contributed by atoms with Gasteiger partial charge in [0.2, 0.25) is 0 Å². The highest BCUT2D eigenvalue weighted by molar-refractivity contribution is 6.91. The number of alkyl halides is 6. The summed E-state index contributed by atoms with van der Waals surface area (Å²) >= 11 is 0. The molecule has 2 aromatic rings. The van der Waals surface area contributed by atoms with Crippen LogP contribution in [0.3, 0.4) is 0 Å². The van der Waals surface area contributed by atoms with Gasteiger partial charge in [-0.25, -0.2) is 0 Å². The molecule has 2 aromatic carbocycles. The van der Waals surface area contributed by atoms with Crippen LogP contribution in [0, 0.1) is 0 Å². The zero-order chi connectivity index (χ0) is 17.5. The number of hydrogen-bond donors (Lipinski definition) is 2. The molecule has 0 radical (unpaired) electrons. The summed E-state index contributed by atoms with van der Waals surface area (Å²) in [6.45, 7) is 0. The van der Waals surface area contributed by atoms with Gasteiger partial charge in [0.15, 0.2) is 0 Å². The van der Waals surface area contributed by atoms with Crippen molar-refractivity contribution in [3.63, 3.8) is 0 Å². The topological polar surface area (TPSA) is 40.5 Å². The van der Waals surface area contributed by atoms with E-state index in [1.807, 2.05) is 0 Å². The molecule has 0 unspecified atom stereocenters. The molecule has 124 valence electrons.